The first-order chi connectivity index (χ1) is 4.66. The zero-order chi connectivity index (χ0) is 7.61. The van der Waals surface area contributed by atoms with E-state index in [1.54, 1.807) is 6.92 Å². The molecule has 1 N–H and O–H groups in total. The summed E-state index contributed by atoms with van der Waals surface area (Å²) in [5.41, 5.74) is 0. The van der Waals surface area contributed by atoms with Gasteiger partial charge in [0.25, 0.3) is 0 Å². The van der Waals surface area contributed by atoms with Gasteiger partial charge in [-0.15, -0.1) is 0 Å². The fraction of sp³-hybridized carbons (Fsp3) is 0.800. The first-order valence-electron chi connectivity index (χ1n) is 3.17. The van der Waals surface area contributed by atoms with Crippen molar-refractivity contribution in [3.63, 3.8) is 0 Å². The van der Waals surface area contributed by atoms with Gasteiger partial charge in [-0.25, -0.2) is 0 Å². The van der Waals surface area contributed by atoms with Crippen molar-refractivity contribution in [1.82, 2.24) is 0 Å². The van der Waals surface area contributed by atoms with E-state index in [1.807, 2.05) is 0 Å². The molecule has 1 saturated heterocycles. The summed E-state index contributed by atoms with van der Waals surface area (Å²) in [6, 6.07) is 0. The van der Waals surface area contributed by atoms with Crippen LogP contribution in [0.5, 0.6) is 0 Å². The van der Waals surface area contributed by atoms with Crippen LogP contribution in [0, 0.1) is 6.92 Å². The predicted molar refractivity (Wildman–Crippen MR) is 38.3 cm³/mol. The number of hydrogen-bond donors (Lipinski definition) is 1. The fourth-order valence-electron chi connectivity index (χ4n) is 0.735. The van der Waals surface area contributed by atoms with Crippen molar-refractivity contribution in [3.05, 3.63) is 6.92 Å². The molecule has 4 nitrogen and oxygen atoms in total. The molecule has 1 radical (unpaired) electrons. The summed E-state index contributed by atoms with van der Waals surface area (Å²) >= 11 is 0. The molecule has 1 aliphatic heterocycles. The molecule has 0 aromatic rings. The van der Waals surface area contributed by atoms with Crippen molar-refractivity contribution in [1.29, 1.82) is 0 Å². The van der Waals surface area contributed by atoms with E-state index in [0.717, 1.165) is 0 Å². The molecule has 0 aromatic carbocycles. The van der Waals surface area contributed by atoms with E-state index in [4.69, 9.17) is 13.6 Å². The third kappa shape index (κ3) is 1.87. The van der Waals surface area contributed by atoms with E-state index in [2.05, 4.69) is 6.92 Å². The molecule has 0 saturated carbocycles. The molecule has 5 heteroatoms. The van der Waals surface area contributed by atoms with Crippen LogP contribution in [-0.4, -0.2) is 24.2 Å². The Bertz CT molecular complexity index is 116. The topological polar surface area (TPSA) is 47.9 Å². The summed E-state index contributed by atoms with van der Waals surface area (Å²) in [6.45, 7) is 6.06. The molecule has 61 valence electrons. The van der Waals surface area contributed by atoms with Crippen LogP contribution in [0.25, 0.3) is 0 Å². The van der Waals surface area contributed by atoms with Gasteiger partial charge in [0.05, 0.1) is 0 Å². The predicted octanol–water partition coefficient (Wildman–Crippen LogP) is 0.675. The van der Waals surface area contributed by atoms with Gasteiger partial charge >= 0.3 is 59.8 Å². The zero-order valence-corrected chi connectivity index (χ0v) is 6.87. The Labute approximate surface area is 60.8 Å². The van der Waals surface area contributed by atoms with Crippen LogP contribution < -0.4 is 0 Å². The second kappa shape index (κ2) is 3.11. The standard InChI is InChI=1S/C5H12O4P/c1-3-7-10(6)8-4-5(2)9-10/h5-6,10H,2-4H2,1H3. The van der Waals surface area contributed by atoms with E-state index in [0.29, 0.717) is 13.2 Å². The quantitative estimate of drug-likeness (QED) is 0.614. The Morgan fingerprint density at radius 1 is 1.90 bits per heavy atom. The fourth-order valence-corrected chi connectivity index (χ4v) is 2.21. The van der Waals surface area contributed by atoms with E-state index in [1.165, 1.54) is 0 Å². The normalized spacial score (nSPS) is 34.1. The second-order valence-corrected chi connectivity index (χ2v) is 3.87. The molecule has 1 rings (SSSR count). The monoisotopic (exact) mass is 167 g/mol. The first-order valence-corrected chi connectivity index (χ1v) is 4.84. The van der Waals surface area contributed by atoms with Crippen LogP contribution in [0.4, 0.5) is 0 Å². The van der Waals surface area contributed by atoms with E-state index >= 15 is 0 Å². The Morgan fingerprint density at radius 2 is 2.60 bits per heavy atom. The van der Waals surface area contributed by atoms with Gasteiger partial charge < -0.3 is 0 Å². The van der Waals surface area contributed by atoms with Gasteiger partial charge in [-0.2, -0.15) is 0 Å². The van der Waals surface area contributed by atoms with Crippen LogP contribution in [0.15, 0.2) is 0 Å². The third-order valence-electron chi connectivity index (χ3n) is 1.09. The van der Waals surface area contributed by atoms with Gasteiger partial charge in [0.1, 0.15) is 0 Å². The van der Waals surface area contributed by atoms with Gasteiger partial charge in [0.2, 0.25) is 0 Å². The number of rotatable bonds is 2. The summed E-state index contributed by atoms with van der Waals surface area (Å²) in [5.74, 6) is 0. The third-order valence-corrected chi connectivity index (χ3v) is 2.91. The minimum absolute atomic E-state index is 0.289. The van der Waals surface area contributed by atoms with Crippen LogP contribution in [0.2, 0.25) is 0 Å². The Morgan fingerprint density at radius 3 is 3.00 bits per heavy atom. The van der Waals surface area contributed by atoms with Gasteiger partial charge in [0.15, 0.2) is 0 Å². The molecule has 1 unspecified atom stereocenters. The van der Waals surface area contributed by atoms with Crippen LogP contribution in [0.3, 0.4) is 0 Å². The molecule has 1 heterocycles. The summed E-state index contributed by atoms with van der Waals surface area (Å²) in [5, 5.41) is 0. The molecule has 0 amide bonds. The van der Waals surface area contributed by atoms with Crippen LogP contribution >= 0.6 is 8.17 Å². The Hall–Kier alpha value is 0.270. The summed E-state index contributed by atoms with van der Waals surface area (Å²) in [4.78, 5) is 9.29. The van der Waals surface area contributed by atoms with Crippen molar-refractivity contribution >= 4 is 8.17 Å². The summed E-state index contributed by atoms with van der Waals surface area (Å²) in [6.07, 6.45) is -0.289. The maximum atomic E-state index is 9.29. The molecule has 0 aromatic heterocycles. The molecular weight excluding hydrogens is 155 g/mol. The number of hydrogen-bond acceptors (Lipinski definition) is 4. The van der Waals surface area contributed by atoms with Crippen molar-refractivity contribution in [2.45, 2.75) is 13.0 Å². The molecule has 1 atom stereocenters. The average Bonchev–Trinajstić information content (AvgIpc) is 2.12. The van der Waals surface area contributed by atoms with Gasteiger partial charge in [-0.3, -0.25) is 0 Å². The second-order valence-electron chi connectivity index (χ2n) is 2.01. The van der Waals surface area contributed by atoms with Crippen molar-refractivity contribution in [2.75, 3.05) is 13.2 Å². The molecular formula is C5H12O4P. The van der Waals surface area contributed by atoms with E-state index in [-0.39, 0.29) is 6.10 Å². The zero-order valence-electron chi connectivity index (χ0n) is 5.87. The molecule has 10 heavy (non-hydrogen) atoms. The van der Waals surface area contributed by atoms with Gasteiger partial charge in [0, 0.05) is 0 Å². The summed E-state index contributed by atoms with van der Waals surface area (Å²) < 4.78 is 14.7. The molecule has 1 aliphatic rings. The van der Waals surface area contributed by atoms with Crippen molar-refractivity contribution in [3.8, 4) is 0 Å². The van der Waals surface area contributed by atoms with Crippen LogP contribution in [0.1, 0.15) is 6.92 Å². The Balaban J connectivity index is 2.38. The van der Waals surface area contributed by atoms with E-state index < -0.39 is 8.17 Å². The van der Waals surface area contributed by atoms with Gasteiger partial charge in [-0.05, 0) is 0 Å². The van der Waals surface area contributed by atoms with Gasteiger partial charge in [-0.1, -0.05) is 0 Å². The van der Waals surface area contributed by atoms with Crippen molar-refractivity contribution in [2.24, 2.45) is 0 Å². The Kier molecular flexibility index (Phi) is 2.61. The van der Waals surface area contributed by atoms with E-state index in [9.17, 15) is 4.89 Å². The molecule has 0 aliphatic carbocycles. The molecule has 0 spiro atoms. The molecule has 1 fully saturated rings. The summed E-state index contributed by atoms with van der Waals surface area (Å²) in [7, 11) is -3.21. The van der Waals surface area contributed by atoms with Crippen LogP contribution in [-0.2, 0) is 13.6 Å². The maximum absolute atomic E-state index is 9.29. The molecule has 0 bridgehead atoms. The van der Waals surface area contributed by atoms with Crippen molar-refractivity contribution < 1.29 is 18.5 Å². The first kappa shape index (κ1) is 8.37. The SMILES string of the molecule is [CH2]C1CO[PH](O)(OCC)O1. The minimum atomic E-state index is -3.21. The average molecular weight is 167 g/mol.